The molecule has 2 heterocycles. The number of nitro benzene ring substituents is 1. The first-order chi connectivity index (χ1) is 14.3. The normalized spacial score (nSPS) is 19.0. The number of ketones is 1. The third-order valence-electron chi connectivity index (χ3n) is 5.80. The fourth-order valence-corrected chi connectivity index (χ4v) is 4.24. The molecule has 9 heteroatoms. The van der Waals surface area contributed by atoms with Gasteiger partial charge in [0.05, 0.1) is 34.4 Å². The molecule has 0 bridgehead atoms. The van der Waals surface area contributed by atoms with Gasteiger partial charge in [0.2, 0.25) is 0 Å². The molecule has 0 radical (unpaired) electrons. The van der Waals surface area contributed by atoms with E-state index < -0.39 is 10.8 Å². The van der Waals surface area contributed by atoms with E-state index in [1.165, 1.54) is 12.1 Å². The van der Waals surface area contributed by atoms with E-state index in [-0.39, 0.29) is 22.9 Å². The average Bonchev–Trinajstić information content (AvgIpc) is 3.05. The lowest BCUT2D eigenvalue weighted by Crippen LogP contribution is -2.38. The Morgan fingerprint density at radius 1 is 1.37 bits per heavy atom. The number of rotatable bonds is 3. The van der Waals surface area contributed by atoms with E-state index >= 15 is 0 Å². The Balaban J connectivity index is 1.98. The summed E-state index contributed by atoms with van der Waals surface area (Å²) in [5.41, 5.74) is 9.90. The fourth-order valence-electron chi connectivity index (χ4n) is 4.24. The molecule has 2 N–H and O–H groups in total. The highest BCUT2D eigenvalue weighted by Crippen LogP contribution is 2.47. The minimum absolute atomic E-state index is 0.0415. The van der Waals surface area contributed by atoms with Crippen molar-refractivity contribution in [2.45, 2.75) is 32.1 Å². The summed E-state index contributed by atoms with van der Waals surface area (Å²) >= 11 is 0. The van der Waals surface area contributed by atoms with Crippen LogP contribution in [0.25, 0.3) is 0 Å². The van der Waals surface area contributed by atoms with Crippen LogP contribution in [0.15, 0.2) is 53.1 Å². The van der Waals surface area contributed by atoms with Crippen LogP contribution in [-0.2, 0) is 11.8 Å². The van der Waals surface area contributed by atoms with Crippen LogP contribution < -0.4 is 10.6 Å². The zero-order chi connectivity index (χ0) is 21.6. The molecule has 2 aliphatic rings. The van der Waals surface area contributed by atoms with E-state index in [0.717, 1.165) is 11.3 Å². The van der Waals surface area contributed by atoms with Gasteiger partial charge in [-0.25, -0.2) is 0 Å². The molecular weight excluding hydrogens is 384 g/mol. The summed E-state index contributed by atoms with van der Waals surface area (Å²) in [6.07, 6.45) is 3.28. The number of allylic oxidation sites excluding steroid dienone is 3. The van der Waals surface area contributed by atoms with Crippen LogP contribution in [0.4, 0.5) is 11.4 Å². The summed E-state index contributed by atoms with van der Waals surface area (Å²) in [4.78, 5) is 25.5. The molecule has 0 fully saturated rings. The van der Waals surface area contributed by atoms with Gasteiger partial charge in [-0.15, -0.1) is 0 Å². The van der Waals surface area contributed by atoms with Crippen molar-refractivity contribution in [1.82, 2.24) is 9.78 Å². The highest BCUT2D eigenvalue weighted by molar-refractivity contribution is 6.01. The van der Waals surface area contributed by atoms with E-state index in [2.05, 4.69) is 11.2 Å². The third-order valence-corrected chi connectivity index (χ3v) is 5.80. The number of anilines is 1. The average molecular weight is 404 g/mol. The van der Waals surface area contributed by atoms with Crippen molar-refractivity contribution in [1.29, 1.82) is 5.26 Å². The standard InChI is InChI=1S/C21H20N6O3/c1-12-16(11-24-25(12)2)19-15(10-22)21(23)26(17-7-4-8-18(28)20(17)19)13-5-3-6-14(9-13)27(29)30/h3,5-6,9,11,19H,4,7-8,23H2,1-2H3/t19-/m1/s1. The van der Waals surface area contributed by atoms with Crippen molar-refractivity contribution in [2.24, 2.45) is 12.8 Å². The van der Waals surface area contributed by atoms with Gasteiger partial charge in [-0.2, -0.15) is 10.4 Å². The third kappa shape index (κ3) is 2.85. The van der Waals surface area contributed by atoms with E-state index in [9.17, 15) is 20.2 Å². The first kappa shape index (κ1) is 19.4. The van der Waals surface area contributed by atoms with Gasteiger partial charge < -0.3 is 5.73 Å². The number of carbonyl (C=O) groups excluding carboxylic acids is 1. The smallest absolute Gasteiger partial charge is 0.271 e. The summed E-state index contributed by atoms with van der Waals surface area (Å²) in [6, 6.07) is 8.23. The van der Waals surface area contributed by atoms with E-state index in [0.29, 0.717) is 36.2 Å². The molecular formula is C21H20N6O3. The van der Waals surface area contributed by atoms with Crippen LogP contribution in [0.3, 0.4) is 0 Å². The molecule has 4 rings (SSSR count). The first-order valence-corrected chi connectivity index (χ1v) is 9.54. The summed E-state index contributed by atoms with van der Waals surface area (Å²) in [6.45, 7) is 1.88. The van der Waals surface area contributed by atoms with Crippen molar-refractivity contribution in [3.8, 4) is 6.07 Å². The Hall–Kier alpha value is -3.93. The summed E-state index contributed by atoms with van der Waals surface area (Å²) in [5.74, 6) is -0.457. The predicted molar refractivity (Wildman–Crippen MR) is 109 cm³/mol. The second kappa shape index (κ2) is 7.15. The largest absolute Gasteiger partial charge is 0.384 e. The van der Waals surface area contributed by atoms with Crippen LogP contribution >= 0.6 is 0 Å². The van der Waals surface area contributed by atoms with Crippen molar-refractivity contribution in [2.75, 3.05) is 4.90 Å². The second-order valence-electron chi connectivity index (χ2n) is 7.40. The molecule has 0 amide bonds. The number of aromatic nitrogens is 2. The Labute approximate surface area is 172 Å². The lowest BCUT2D eigenvalue weighted by molar-refractivity contribution is -0.384. The van der Waals surface area contributed by atoms with Crippen molar-refractivity contribution < 1.29 is 9.72 Å². The van der Waals surface area contributed by atoms with Crippen LogP contribution in [-0.4, -0.2) is 20.5 Å². The van der Waals surface area contributed by atoms with Crippen molar-refractivity contribution in [3.63, 3.8) is 0 Å². The lowest BCUT2D eigenvalue weighted by atomic mass is 9.75. The van der Waals surface area contributed by atoms with Gasteiger partial charge in [0.15, 0.2) is 5.78 Å². The molecule has 9 nitrogen and oxygen atoms in total. The lowest BCUT2D eigenvalue weighted by Gasteiger charge is -2.39. The maximum atomic E-state index is 13.1. The number of non-ortho nitro benzene ring substituents is 1. The SMILES string of the molecule is Cc1c([C@H]2C(C#N)=C(N)N(c3cccc([N+](=O)[O-])c3)C3=C2C(=O)CCC3)cnn1C. The fraction of sp³-hybridized carbons (Fsp3) is 0.286. The predicted octanol–water partition coefficient (Wildman–Crippen LogP) is 2.94. The zero-order valence-electron chi connectivity index (χ0n) is 16.6. The Bertz CT molecular complexity index is 1180. The maximum Gasteiger partial charge on any atom is 0.271 e. The minimum Gasteiger partial charge on any atom is -0.384 e. The molecule has 1 aromatic heterocycles. The quantitative estimate of drug-likeness (QED) is 0.614. The molecule has 0 saturated carbocycles. The molecule has 1 aromatic carbocycles. The topological polar surface area (TPSA) is 131 Å². The van der Waals surface area contributed by atoms with Crippen LogP contribution in [0, 0.1) is 28.4 Å². The summed E-state index contributed by atoms with van der Waals surface area (Å²) in [5, 5.41) is 25.5. The van der Waals surface area contributed by atoms with Gasteiger partial charge in [-0.3, -0.25) is 24.5 Å². The maximum absolute atomic E-state index is 13.1. The molecule has 1 aliphatic carbocycles. The van der Waals surface area contributed by atoms with Crippen LogP contribution in [0.1, 0.15) is 36.4 Å². The number of nitriles is 1. The van der Waals surface area contributed by atoms with Gasteiger partial charge >= 0.3 is 0 Å². The molecule has 0 spiro atoms. The Morgan fingerprint density at radius 2 is 2.13 bits per heavy atom. The van der Waals surface area contributed by atoms with Crippen LogP contribution in [0.5, 0.6) is 0 Å². The van der Waals surface area contributed by atoms with Crippen molar-refractivity contribution >= 4 is 17.2 Å². The number of hydrogen-bond donors (Lipinski definition) is 1. The van der Waals surface area contributed by atoms with Gasteiger partial charge in [-0.05, 0) is 25.8 Å². The number of aryl methyl sites for hydroxylation is 1. The molecule has 1 atom stereocenters. The number of nitrogens with two attached hydrogens (primary N) is 1. The van der Waals surface area contributed by atoms with E-state index in [1.54, 1.807) is 35.0 Å². The molecule has 1 aliphatic heterocycles. The van der Waals surface area contributed by atoms with Crippen molar-refractivity contribution in [3.05, 3.63) is 74.5 Å². The molecule has 2 aromatic rings. The minimum atomic E-state index is -0.596. The number of carbonyl (C=O) groups is 1. The molecule has 0 unspecified atom stereocenters. The Morgan fingerprint density at radius 3 is 2.77 bits per heavy atom. The van der Waals surface area contributed by atoms with E-state index in [1.807, 2.05) is 6.92 Å². The van der Waals surface area contributed by atoms with Crippen LogP contribution in [0.2, 0.25) is 0 Å². The first-order valence-electron chi connectivity index (χ1n) is 9.54. The van der Waals surface area contributed by atoms with Gasteiger partial charge in [-0.1, -0.05) is 6.07 Å². The van der Waals surface area contributed by atoms with Gasteiger partial charge in [0.25, 0.3) is 5.69 Å². The molecule has 0 saturated heterocycles. The van der Waals surface area contributed by atoms with E-state index in [4.69, 9.17) is 5.73 Å². The molecule has 152 valence electrons. The second-order valence-corrected chi connectivity index (χ2v) is 7.40. The monoisotopic (exact) mass is 404 g/mol. The number of Topliss-reactive ketones (excluding diaryl/α,β-unsaturated/α-hetero) is 1. The highest BCUT2D eigenvalue weighted by atomic mass is 16.6. The Kier molecular flexibility index (Phi) is 4.62. The number of benzene rings is 1. The van der Waals surface area contributed by atoms with Gasteiger partial charge in [0, 0.05) is 48.1 Å². The number of hydrogen-bond acceptors (Lipinski definition) is 7. The highest BCUT2D eigenvalue weighted by Gasteiger charge is 2.41. The number of nitrogens with zero attached hydrogens (tertiary/aromatic N) is 5. The van der Waals surface area contributed by atoms with Gasteiger partial charge in [0.1, 0.15) is 5.82 Å². The zero-order valence-corrected chi connectivity index (χ0v) is 16.6. The summed E-state index contributed by atoms with van der Waals surface area (Å²) in [7, 11) is 1.80. The number of nitro groups is 1. The molecule has 30 heavy (non-hydrogen) atoms. The summed E-state index contributed by atoms with van der Waals surface area (Å²) < 4.78 is 1.70.